The van der Waals surface area contributed by atoms with E-state index in [0.717, 1.165) is 10.0 Å². The first kappa shape index (κ1) is 11.6. The van der Waals surface area contributed by atoms with Gasteiger partial charge in [-0.2, -0.15) is 0 Å². The molecular formula is C12H8BrNO3. The molecular weight excluding hydrogens is 286 g/mol. The van der Waals surface area contributed by atoms with Gasteiger partial charge in [0.2, 0.25) is 0 Å². The van der Waals surface area contributed by atoms with Gasteiger partial charge in [-0.1, -0.05) is 28.1 Å². The van der Waals surface area contributed by atoms with Gasteiger partial charge < -0.3 is 10.1 Å². The van der Waals surface area contributed by atoms with Gasteiger partial charge in [0.15, 0.2) is 0 Å². The van der Waals surface area contributed by atoms with Gasteiger partial charge in [0.1, 0.15) is 5.56 Å². The van der Waals surface area contributed by atoms with E-state index in [-0.39, 0.29) is 5.56 Å². The maximum atomic E-state index is 11.3. The van der Waals surface area contributed by atoms with Crippen LogP contribution in [0.4, 0.5) is 0 Å². The molecule has 0 bridgehead atoms. The second kappa shape index (κ2) is 4.55. The first-order valence-electron chi connectivity index (χ1n) is 4.80. The highest BCUT2D eigenvalue weighted by atomic mass is 79.9. The zero-order valence-corrected chi connectivity index (χ0v) is 10.2. The van der Waals surface area contributed by atoms with E-state index in [9.17, 15) is 9.59 Å². The van der Waals surface area contributed by atoms with E-state index in [1.54, 1.807) is 0 Å². The maximum absolute atomic E-state index is 11.3. The molecule has 0 aliphatic heterocycles. The standard InChI is InChI=1S/C12H8BrNO3/c13-9-3-1-7(2-4-9)8-5-10(12(16)17)11(15)14-6-8/h1-6H,(H,14,15)(H,16,17). The van der Waals surface area contributed by atoms with Crippen molar-refractivity contribution >= 4 is 21.9 Å². The number of nitrogens with one attached hydrogen (secondary N) is 1. The third-order valence-electron chi connectivity index (χ3n) is 2.31. The zero-order valence-electron chi connectivity index (χ0n) is 8.61. The summed E-state index contributed by atoms with van der Waals surface area (Å²) in [5.41, 5.74) is 0.644. The number of aromatic carboxylic acids is 1. The van der Waals surface area contributed by atoms with E-state index < -0.39 is 11.5 Å². The Morgan fingerprint density at radius 3 is 2.41 bits per heavy atom. The minimum absolute atomic E-state index is 0.259. The van der Waals surface area contributed by atoms with Crippen LogP contribution in [0.5, 0.6) is 0 Å². The summed E-state index contributed by atoms with van der Waals surface area (Å²) in [6.07, 6.45) is 1.50. The molecule has 0 fully saturated rings. The molecule has 2 rings (SSSR count). The fourth-order valence-corrected chi connectivity index (χ4v) is 1.72. The highest BCUT2D eigenvalue weighted by molar-refractivity contribution is 9.10. The average molecular weight is 294 g/mol. The van der Waals surface area contributed by atoms with Crippen LogP contribution in [0.15, 0.2) is 45.8 Å². The van der Waals surface area contributed by atoms with E-state index in [4.69, 9.17) is 5.11 Å². The summed E-state index contributed by atoms with van der Waals surface area (Å²) in [4.78, 5) is 24.5. The largest absolute Gasteiger partial charge is 0.477 e. The SMILES string of the molecule is O=C(O)c1cc(-c2ccc(Br)cc2)c[nH]c1=O. The Labute approximate surface area is 105 Å². The number of carboxylic acid groups (broad SMARTS) is 1. The Morgan fingerprint density at radius 1 is 1.18 bits per heavy atom. The van der Waals surface area contributed by atoms with Crippen LogP contribution in [-0.4, -0.2) is 16.1 Å². The Kier molecular flexibility index (Phi) is 3.10. The lowest BCUT2D eigenvalue weighted by molar-refractivity contribution is 0.0695. The summed E-state index contributed by atoms with van der Waals surface area (Å²) < 4.78 is 0.934. The van der Waals surface area contributed by atoms with E-state index in [1.165, 1.54) is 12.3 Å². The van der Waals surface area contributed by atoms with Crippen LogP contribution >= 0.6 is 15.9 Å². The number of rotatable bonds is 2. The molecule has 17 heavy (non-hydrogen) atoms. The molecule has 1 aromatic heterocycles. The van der Waals surface area contributed by atoms with Crippen molar-refractivity contribution < 1.29 is 9.90 Å². The molecule has 0 aliphatic carbocycles. The number of aromatic nitrogens is 1. The molecule has 0 saturated carbocycles. The third-order valence-corrected chi connectivity index (χ3v) is 2.84. The molecule has 0 aliphatic rings. The number of halogens is 1. The van der Waals surface area contributed by atoms with Crippen molar-refractivity contribution in [3.8, 4) is 11.1 Å². The van der Waals surface area contributed by atoms with Gasteiger partial charge in [0.05, 0.1) is 0 Å². The molecule has 1 aromatic carbocycles. The van der Waals surface area contributed by atoms with Crippen LogP contribution in [0.2, 0.25) is 0 Å². The summed E-state index contributed by atoms with van der Waals surface area (Å²) in [5.74, 6) is -1.23. The van der Waals surface area contributed by atoms with Gasteiger partial charge in [-0.15, -0.1) is 0 Å². The predicted octanol–water partition coefficient (Wildman–Crippen LogP) is 2.50. The molecule has 1 heterocycles. The summed E-state index contributed by atoms with van der Waals surface area (Å²) in [6.45, 7) is 0. The van der Waals surface area contributed by atoms with Crippen molar-refractivity contribution in [1.82, 2.24) is 4.98 Å². The van der Waals surface area contributed by atoms with Crippen molar-refractivity contribution in [2.75, 3.05) is 0 Å². The van der Waals surface area contributed by atoms with Gasteiger partial charge in [0, 0.05) is 10.7 Å². The van der Waals surface area contributed by atoms with Crippen molar-refractivity contribution in [3.63, 3.8) is 0 Å². The first-order valence-corrected chi connectivity index (χ1v) is 5.59. The van der Waals surface area contributed by atoms with E-state index in [2.05, 4.69) is 20.9 Å². The van der Waals surface area contributed by atoms with Crippen molar-refractivity contribution in [3.05, 3.63) is 56.9 Å². The first-order chi connectivity index (χ1) is 8.08. The number of benzene rings is 1. The number of hydrogen-bond donors (Lipinski definition) is 2. The molecule has 0 amide bonds. The zero-order chi connectivity index (χ0) is 12.4. The number of carbonyl (C=O) groups is 1. The fraction of sp³-hybridized carbons (Fsp3) is 0. The number of hydrogen-bond acceptors (Lipinski definition) is 2. The van der Waals surface area contributed by atoms with Crippen LogP contribution in [0.3, 0.4) is 0 Å². The van der Waals surface area contributed by atoms with Crippen molar-refractivity contribution in [2.24, 2.45) is 0 Å². The molecule has 2 aromatic rings. The monoisotopic (exact) mass is 293 g/mol. The summed E-state index contributed by atoms with van der Waals surface area (Å²) >= 11 is 3.32. The quantitative estimate of drug-likeness (QED) is 0.894. The maximum Gasteiger partial charge on any atom is 0.341 e. The number of carboxylic acids is 1. The Hall–Kier alpha value is -1.88. The van der Waals surface area contributed by atoms with Crippen LogP contribution < -0.4 is 5.56 Å². The fourth-order valence-electron chi connectivity index (χ4n) is 1.45. The van der Waals surface area contributed by atoms with Gasteiger partial charge in [0.25, 0.3) is 5.56 Å². The molecule has 0 atom stereocenters. The van der Waals surface area contributed by atoms with Gasteiger partial charge in [-0.25, -0.2) is 4.79 Å². The van der Waals surface area contributed by atoms with E-state index in [1.807, 2.05) is 24.3 Å². The summed E-state index contributed by atoms with van der Waals surface area (Å²) in [5, 5.41) is 8.85. The smallest absolute Gasteiger partial charge is 0.341 e. The van der Waals surface area contributed by atoms with Crippen LogP contribution in [-0.2, 0) is 0 Å². The number of aromatic amines is 1. The predicted molar refractivity (Wildman–Crippen MR) is 67.2 cm³/mol. The lowest BCUT2D eigenvalue weighted by Gasteiger charge is -2.02. The van der Waals surface area contributed by atoms with Gasteiger partial charge in [-0.05, 0) is 29.3 Å². The minimum atomic E-state index is -1.23. The molecule has 5 heteroatoms. The Bertz CT molecular complexity index is 616. The lowest BCUT2D eigenvalue weighted by Crippen LogP contribution is -2.16. The van der Waals surface area contributed by atoms with E-state index in [0.29, 0.717) is 5.56 Å². The highest BCUT2D eigenvalue weighted by Gasteiger charge is 2.09. The van der Waals surface area contributed by atoms with Crippen molar-refractivity contribution in [1.29, 1.82) is 0 Å². The Balaban J connectivity index is 2.53. The number of H-pyrrole nitrogens is 1. The molecule has 2 N–H and O–H groups in total. The molecule has 4 nitrogen and oxygen atoms in total. The van der Waals surface area contributed by atoms with Gasteiger partial charge in [-0.3, -0.25) is 4.79 Å². The van der Waals surface area contributed by atoms with E-state index >= 15 is 0 Å². The summed E-state index contributed by atoms with van der Waals surface area (Å²) in [6, 6.07) is 8.74. The highest BCUT2D eigenvalue weighted by Crippen LogP contribution is 2.20. The third kappa shape index (κ3) is 2.45. The lowest BCUT2D eigenvalue weighted by atomic mass is 10.1. The van der Waals surface area contributed by atoms with Crippen LogP contribution in [0.1, 0.15) is 10.4 Å². The Morgan fingerprint density at radius 2 is 1.82 bits per heavy atom. The topological polar surface area (TPSA) is 70.2 Å². The molecule has 86 valence electrons. The normalized spacial score (nSPS) is 10.2. The van der Waals surface area contributed by atoms with Crippen LogP contribution in [0.25, 0.3) is 11.1 Å². The molecule has 0 unspecified atom stereocenters. The second-order valence-electron chi connectivity index (χ2n) is 3.44. The number of pyridine rings is 1. The molecule has 0 spiro atoms. The average Bonchev–Trinajstić information content (AvgIpc) is 2.30. The summed E-state index contributed by atoms with van der Waals surface area (Å²) in [7, 11) is 0. The second-order valence-corrected chi connectivity index (χ2v) is 4.36. The van der Waals surface area contributed by atoms with Gasteiger partial charge >= 0.3 is 5.97 Å². The van der Waals surface area contributed by atoms with Crippen LogP contribution in [0, 0.1) is 0 Å². The van der Waals surface area contributed by atoms with Crippen molar-refractivity contribution in [2.45, 2.75) is 0 Å². The minimum Gasteiger partial charge on any atom is -0.477 e. The molecule has 0 radical (unpaired) electrons. The molecule has 0 saturated heterocycles.